The molecule has 3 aromatic carbocycles. The summed E-state index contributed by atoms with van der Waals surface area (Å²) in [5.41, 5.74) is 6.81. The van der Waals surface area contributed by atoms with Gasteiger partial charge in [-0.2, -0.15) is 0 Å². The monoisotopic (exact) mass is 462 g/mol. The third kappa shape index (κ3) is 7.37. The Morgan fingerprint density at radius 3 is 2.06 bits per heavy atom. The second kappa shape index (κ2) is 11.3. The molecule has 0 radical (unpaired) electrons. The molecule has 0 aliphatic heterocycles. The summed E-state index contributed by atoms with van der Waals surface area (Å²) >= 11 is 4.97. The topological polar surface area (TPSA) is 99.3 Å². The van der Waals surface area contributed by atoms with Crippen LogP contribution in [0.4, 0.5) is 10.1 Å². The molecule has 3 amide bonds. The smallest absolute Gasteiger partial charge is 0.269 e. The van der Waals surface area contributed by atoms with Gasteiger partial charge in [0.15, 0.2) is 5.11 Å². The van der Waals surface area contributed by atoms with E-state index < -0.39 is 11.8 Å². The van der Waals surface area contributed by atoms with Crippen molar-refractivity contribution in [2.24, 2.45) is 0 Å². The molecule has 0 atom stereocenters. The van der Waals surface area contributed by atoms with Crippen molar-refractivity contribution < 1.29 is 18.8 Å². The van der Waals surface area contributed by atoms with Crippen molar-refractivity contribution in [3.05, 3.63) is 107 Å². The van der Waals surface area contributed by atoms with Crippen molar-refractivity contribution in [1.82, 2.24) is 16.2 Å². The maximum Gasteiger partial charge on any atom is 0.269 e. The van der Waals surface area contributed by atoms with Gasteiger partial charge in [-0.15, -0.1) is 0 Å². The first kappa shape index (κ1) is 23.3. The highest BCUT2D eigenvalue weighted by Crippen LogP contribution is 2.11. The van der Waals surface area contributed by atoms with Crippen molar-refractivity contribution in [2.45, 2.75) is 0 Å². The van der Waals surface area contributed by atoms with Crippen molar-refractivity contribution in [3.63, 3.8) is 0 Å². The predicted octanol–water partition coefficient (Wildman–Crippen LogP) is 3.43. The second-order valence-corrected chi connectivity index (χ2v) is 7.09. The molecular formula is C24H19FN4O3S. The van der Waals surface area contributed by atoms with Gasteiger partial charge in [0.1, 0.15) is 5.82 Å². The number of carbonyl (C=O) groups is 3. The van der Waals surface area contributed by atoms with Gasteiger partial charge in [-0.1, -0.05) is 30.3 Å². The lowest BCUT2D eigenvalue weighted by Gasteiger charge is -2.10. The Labute approximate surface area is 194 Å². The van der Waals surface area contributed by atoms with E-state index in [2.05, 4.69) is 21.5 Å². The number of hydrogen-bond donors (Lipinski definition) is 4. The summed E-state index contributed by atoms with van der Waals surface area (Å²) in [6.45, 7) is 0. The third-order valence-corrected chi connectivity index (χ3v) is 4.47. The van der Waals surface area contributed by atoms with Crippen molar-refractivity contribution in [2.75, 3.05) is 5.32 Å². The summed E-state index contributed by atoms with van der Waals surface area (Å²) in [4.78, 5) is 36.3. The van der Waals surface area contributed by atoms with E-state index in [4.69, 9.17) is 12.2 Å². The van der Waals surface area contributed by atoms with Gasteiger partial charge in [0.05, 0.1) is 0 Å². The van der Waals surface area contributed by atoms with Crippen LogP contribution in [-0.4, -0.2) is 22.8 Å². The molecule has 9 heteroatoms. The molecule has 3 aromatic rings. The average molecular weight is 463 g/mol. The minimum absolute atomic E-state index is 0.108. The molecule has 0 aliphatic carbocycles. The summed E-state index contributed by atoms with van der Waals surface area (Å²) in [5.74, 6) is -1.65. The molecule has 7 nitrogen and oxygen atoms in total. The van der Waals surface area contributed by atoms with E-state index in [1.807, 2.05) is 6.07 Å². The SMILES string of the molecule is O=C(C=Cc1ccc(F)cc1)NC(=S)NNC(=O)c1ccc(NC(=O)c2ccccc2)cc1. The fraction of sp³-hybridized carbons (Fsp3) is 0. The Hall–Kier alpha value is -4.37. The van der Waals surface area contributed by atoms with E-state index in [-0.39, 0.29) is 16.8 Å². The third-order valence-electron chi connectivity index (χ3n) is 4.26. The Bertz CT molecular complexity index is 1180. The van der Waals surface area contributed by atoms with Crippen LogP contribution in [-0.2, 0) is 4.79 Å². The van der Waals surface area contributed by atoms with Gasteiger partial charge < -0.3 is 5.32 Å². The van der Waals surface area contributed by atoms with Crippen LogP contribution in [0.15, 0.2) is 84.9 Å². The number of halogens is 1. The molecule has 0 aromatic heterocycles. The molecule has 0 unspecified atom stereocenters. The number of amides is 3. The van der Waals surface area contributed by atoms with Crippen molar-refractivity contribution >= 4 is 46.8 Å². The van der Waals surface area contributed by atoms with E-state index in [9.17, 15) is 18.8 Å². The molecule has 0 fully saturated rings. The fourth-order valence-corrected chi connectivity index (χ4v) is 2.77. The quantitative estimate of drug-likeness (QED) is 0.265. The summed E-state index contributed by atoms with van der Waals surface area (Å²) < 4.78 is 12.9. The second-order valence-electron chi connectivity index (χ2n) is 6.68. The van der Waals surface area contributed by atoms with Crippen LogP contribution >= 0.6 is 12.2 Å². The van der Waals surface area contributed by atoms with E-state index in [1.54, 1.807) is 36.4 Å². The van der Waals surface area contributed by atoms with Gasteiger partial charge >= 0.3 is 0 Å². The first-order valence-corrected chi connectivity index (χ1v) is 10.1. The van der Waals surface area contributed by atoms with Gasteiger partial charge in [-0.25, -0.2) is 4.39 Å². The van der Waals surface area contributed by atoms with Crippen molar-refractivity contribution in [3.8, 4) is 0 Å². The van der Waals surface area contributed by atoms with E-state index in [1.165, 1.54) is 48.6 Å². The number of hydrogen-bond acceptors (Lipinski definition) is 4. The summed E-state index contributed by atoms with van der Waals surface area (Å²) in [6, 6.07) is 20.6. The maximum absolute atomic E-state index is 12.9. The molecule has 0 aliphatic rings. The average Bonchev–Trinajstić information content (AvgIpc) is 2.83. The first-order chi connectivity index (χ1) is 15.9. The number of carbonyl (C=O) groups excluding carboxylic acids is 3. The lowest BCUT2D eigenvalue weighted by Crippen LogP contribution is -2.48. The van der Waals surface area contributed by atoms with Crippen LogP contribution < -0.4 is 21.5 Å². The van der Waals surface area contributed by atoms with E-state index in [0.717, 1.165) is 0 Å². The normalized spacial score (nSPS) is 10.3. The first-order valence-electron chi connectivity index (χ1n) is 9.72. The predicted molar refractivity (Wildman–Crippen MR) is 128 cm³/mol. The van der Waals surface area contributed by atoms with Gasteiger partial charge in [0.25, 0.3) is 11.8 Å². The molecule has 166 valence electrons. The largest absolute Gasteiger partial charge is 0.322 e. The summed E-state index contributed by atoms with van der Waals surface area (Å²) in [5, 5.41) is 5.01. The Morgan fingerprint density at radius 1 is 0.758 bits per heavy atom. The molecule has 0 saturated heterocycles. The lowest BCUT2D eigenvalue weighted by molar-refractivity contribution is -0.115. The van der Waals surface area contributed by atoms with E-state index in [0.29, 0.717) is 22.4 Å². The Balaban J connectivity index is 1.44. The number of rotatable bonds is 5. The van der Waals surface area contributed by atoms with Crippen LogP contribution in [0.2, 0.25) is 0 Å². The zero-order valence-corrected chi connectivity index (χ0v) is 18.0. The van der Waals surface area contributed by atoms with Crippen LogP contribution in [0.25, 0.3) is 6.08 Å². The highest BCUT2D eigenvalue weighted by molar-refractivity contribution is 7.80. The van der Waals surface area contributed by atoms with Crippen LogP contribution in [0.5, 0.6) is 0 Å². The zero-order chi connectivity index (χ0) is 23.6. The highest BCUT2D eigenvalue weighted by atomic mass is 32.1. The number of hydrazine groups is 1. The van der Waals surface area contributed by atoms with Gasteiger partial charge in [0, 0.05) is 22.9 Å². The van der Waals surface area contributed by atoms with Gasteiger partial charge in [-0.05, 0) is 72.4 Å². The standard InChI is InChI=1S/C24H19FN4O3S/c25-19-11-6-16(7-12-19)8-15-21(30)27-24(33)29-28-23(32)18-9-13-20(14-10-18)26-22(31)17-4-2-1-3-5-17/h1-15H,(H,26,31)(H,28,32)(H2,27,29,30,33). The number of nitrogens with one attached hydrogen (secondary N) is 4. The fourth-order valence-electron chi connectivity index (χ4n) is 2.61. The number of benzene rings is 3. The number of anilines is 1. The molecule has 0 spiro atoms. The Kier molecular flexibility index (Phi) is 7.98. The molecule has 0 heterocycles. The molecule has 33 heavy (non-hydrogen) atoms. The molecule has 3 rings (SSSR count). The highest BCUT2D eigenvalue weighted by Gasteiger charge is 2.09. The molecule has 0 saturated carbocycles. The summed E-state index contributed by atoms with van der Waals surface area (Å²) in [7, 11) is 0. The molecule has 4 N–H and O–H groups in total. The summed E-state index contributed by atoms with van der Waals surface area (Å²) in [6.07, 6.45) is 2.72. The number of thiocarbonyl (C=S) groups is 1. The van der Waals surface area contributed by atoms with Crippen molar-refractivity contribution in [1.29, 1.82) is 0 Å². The molecule has 0 bridgehead atoms. The van der Waals surface area contributed by atoms with E-state index >= 15 is 0 Å². The zero-order valence-electron chi connectivity index (χ0n) is 17.2. The van der Waals surface area contributed by atoms with Crippen LogP contribution in [0.3, 0.4) is 0 Å². The molecular weight excluding hydrogens is 443 g/mol. The minimum atomic E-state index is -0.524. The maximum atomic E-state index is 12.9. The van der Waals surface area contributed by atoms with Crippen LogP contribution in [0, 0.1) is 5.82 Å². The van der Waals surface area contributed by atoms with Gasteiger partial charge in [0.2, 0.25) is 5.91 Å². The Morgan fingerprint density at radius 2 is 1.39 bits per heavy atom. The lowest BCUT2D eigenvalue weighted by atomic mass is 10.2. The minimum Gasteiger partial charge on any atom is -0.322 e. The van der Waals surface area contributed by atoms with Crippen LogP contribution in [0.1, 0.15) is 26.3 Å². The van der Waals surface area contributed by atoms with Gasteiger partial charge in [-0.3, -0.25) is 30.6 Å².